The zero-order chi connectivity index (χ0) is 15.5. The van der Waals surface area contributed by atoms with Gasteiger partial charge in [0, 0.05) is 13.7 Å². The van der Waals surface area contributed by atoms with Crippen LogP contribution in [0.25, 0.3) is 0 Å². The van der Waals surface area contributed by atoms with Gasteiger partial charge < -0.3 is 4.74 Å². The van der Waals surface area contributed by atoms with E-state index in [1.54, 1.807) is 7.11 Å². The molecule has 0 N–H and O–H groups in total. The molecule has 0 aliphatic rings. The highest BCUT2D eigenvalue weighted by Crippen LogP contribution is 2.09. The first-order valence-electron chi connectivity index (χ1n) is 7.91. The van der Waals surface area contributed by atoms with Gasteiger partial charge in [-0.05, 0) is 25.7 Å². The maximum absolute atomic E-state index is 5.03. The lowest BCUT2D eigenvalue weighted by Crippen LogP contribution is -1.91. The molecule has 0 aliphatic heterocycles. The highest BCUT2D eigenvalue weighted by molar-refractivity contribution is 5.11. The van der Waals surface area contributed by atoms with Crippen molar-refractivity contribution in [3.05, 3.63) is 23.8 Å². The molecule has 1 nitrogen and oxygen atoms in total. The van der Waals surface area contributed by atoms with E-state index in [9.17, 15) is 0 Å². The molecule has 0 aliphatic carbocycles. The molecule has 0 spiro atoms. The molecule has 0 saturated heterocycles. The zero-order valence-corrected chi connectivity index (χ0v) is 14.8. The number of hydrogen-bond acceptors (Lipinski definition) is 1. The molecule has 0 aromatic carbocycles. The van der Waals surface area contributed by atoms with Crippen LogP contribution in [0.5, 0.6) is 0 Å². The van der Waals surface area contributed by atoms with Gasteiger partial charge in [0.2, 0.25) is 0 Å². The molecule has 0 aromatic rings. The van der Waals surface area contributed by atoms with E-state index in [-0.39, 0.29) is 0 Å². The highest BCUT2D eigenvalue weighted by atomic mass is 16.5. The number of allylic oxidation sites excluding steroid dienone is 3. The predicted molar refractivity (Wildman–Crippen MR) is 90.8 cm³/mol. The lowest BCUT2D eigenvalue weighted by atomic mass is 10.1. The van der Waals surface area contributed by atoms with Crippen LogP contribution in [-0.4, -0.2) is 13.7 Å². The quantitative estimate of drug-likeness (QED) is 0.486. The molecule has 0 fully saturated rings. The first-order chi connectivity index (χ1) is 9.12. The van der Waals surface area contributed by atoms with Gasteiger partial charge in [0.1, 0.15) is 0 Å². The fourth-order valence-corrected chi connectivity index (χ4v) is 1.08. The van der Waals surface area contributed by atoms with Crippen molar-refractivity contribution in [3.8, 4) is 0 Å². The van der Waals surface area contributed by atoms with Gasteiger partial charge >= 0.3 is 0 Å². The van der Waals surface area contributed by atoms with Gasteiger partial charge in [0.15, 0.2) is 0 Å². The maximum atomic E-state index is 5.03. The smallest absolute Gasteiger partial charge is 0.0499 e. The summed E-state index contributed by atoms with van der Waals surface area (Å²) in [6, 6.07) is 0. The molecule has 116 valence electrons. The van der Waals surface area contributed by atoms with Crippen LogP contribution in [0.1, 0.15) is 74.1 Å². The summed E-state index contributed by atoms with van der Waals surface area (Å²) in [4.78, 5) is 0. The fraction of sp³-hybridized carbons (Fsp3) is 0.778. The van der Waals surface area contributed by atoms with Crippen molar-refractivity contribution in [1.29, 1.82) is 0 Å². The Morgan fingerprint density at radius 2 is 1.63 bits per heavy atom. The van der Waals surface area contributed by atoms with E-state index >= 15 is 0 Å². The zero-order valence-electron chi connectivity index (χ0n) is 14.8. The van der Waals surface area contributed by atoms with E-state index in [4.69, 9.17) is 4.74 Å². The Balaban J connectivity index is -0.000000307. The molecule has 1 heteroatoms. The summed E-state index contributed by atoms with van der Waals surface area (Å²) >= 11 is 0. The first-order valence-corrected chi connectivity index (χ1v) is 7.91. The maximum Gasteiger partial charge on any atom is 0.0499 e. The second-order valence-electron chi connectivity index (χ2n) is 4.65. The van der Waals surface area contributed by atoms with Gasteiger partial charge in [-0.2, -0.15) is 0 Å². The Bertz CT molecular complexity index is 190. The summed E-state index contributed by atoms with van der Waals surface area (Å²) in [7, 11) is 1.75. The lowest BCUT2D eigenvalue weighted by molar-refractivity contribution is 0.201. The Hall–Kier alpha value is -0.560. The van der Waals surface area contributed by atoms with E-state index in [1.165, 1.54) is 24.8 Å². The van der Waals surface area contributed by atoms with Crippen LogP contribution in [0.15, 0.2) is 23.8 Å². The Morgan fingerprint density at radius 1 is 1.11 bits per heavy atom. The highest BCUT2D eigenvalue weighted by Gasteiger charge is 1.93. The third kappa shape index (κ3) is 26.9. The standard InChI is InChI=1S/C11H20O.C5H12.C2H6/c1-4-6-8-11(7-5-2)9-10-12-3;1-4-5(2)3;1-2/h4,6,8H,5,7,9-10H2,1-3H3;5H,4H2,1-3H3;1-2H3/b6-4-,11-8+;;. The van der Waals surface area contributed by atoms with Crippen LogP contribution in [0.2, 0.25) is 0 Å². The molecular formula is C18H38O. The molecule has 0 aromatic heterocycles. The van der Waals surface area contributed by atoms with Crippen LogP contribution in [0, 0.1) is 5.92 Å². The van der Waals surface area contributed by atoms with Crippen molar-refractivity contribution in [2.24, 2.45) is 5.92 Å². The van der Waals surface area contributed by atoms with Crippen molar-refractivity contribution in [2.45, 2.75) is 74.1 Å². The van der Waals surface area contributed by atoms with Gasteiger partial charge in [0.05, 0.1) is 0 Å². The van der Waals surface area contributed by atoms with Crippen LogP contribution >= 0.6 is 0 Å². The van der Waals surface area contributed by atoms with Gasteiger partial charge in [-0.1, -0.05) is 78.2 Å². The average Bonchev–Trinajstić information content (AvgIpc) is 2.44. The average molecular weight is 271 g/mol. The van der Waals surface area contributed by atoms with E-state index < -0.39 is 0 Å². The number of ether oxygens (including phenoxy) is 1. The summed E-state index contributed by atoms with van der Waals surface area (Å²) in [6.07, 6.45) is 11.1. The summed E-state index contributed by atoms with van der Waals surface area (Å²) in [5.41, 5.74) is 1.48. The van der Waals surface area contributed by atoms with E-state index in [0.717, 1.165) is 18.9 Å². The van der Waals surface area contributed by atoms with Gasteiger partial charge in [-0.3, -0.25) is 0 Å². The Labute approximate surface area is 123 Å². The van der Waals surface area contributed by atoms with E-state index in [0.29, 0.717) is 0 Å². The second-order valence-corrected chi connectivity index (χ2v) is 4.65. The summed E-state index contributed by atoms with van der Waals surface area (Å²) in [5, 5.41) is 0. The fourth-order valence-electron chi connectivity index (χ4n) is 1.08. The van der Waals surface area contributed by atoms with Crippen LogP contribution in [0.4, 0.5) is 0 Å². The number of hydrogen-bond donors (Lipinski definition) is 0. The molecule has 0 radical (unpaired) electrons. The number of methoxy groups -OCH3 is 1. The topological polar surface area (TPSA) is 9.23 Å². The summed E-state index contributed by atoms with van der Waals surface area (Å²) in [5.74, 6) is 0.884. The van der Waals surface area contributed by atoms with Crippen LogP contribution in [0.3, 0.4) is 0 Å². The molecule has 0 bridgehead atoms. The third-order valence-electron chi connectivity index (χ3n) is 2.54. The van der Waals surface area contributed by atoms with Crippen molar-refractivity contribution in [1.82, 2.24) is 0 Å². The SMILES string of the molecule is C/C=C\C=C(/CCC)CCOC.CC.CCC(C)C. The molecule has 0 amide bonds. The van der Waals surface area contributed by atoms with Crippen molar-refractivity contribution in [3.63, 3.8) is 0 Å². The van der Waals surface area contributed by atoms with Crippen molar-refractivity contribution in [2.75, 3.05) is 13.7 Å². The van der Waals surface area contributed by atoms with E-state index in [2.05, 4.69) is 45.9 Å². The normalized spacial score (nSPS) is 10.9. The lowest BCUT2D eigenvalue weighted by Gasteiger charge is -2.03. The minimum atomic E-state index is 0.837. The van der Waals surface area contributed by atoms with Gasteiger partial charge in [-0.25, -0.2) is 0 Å². The molecule has 0 rings (SSSR count). The van der Waals surface area contributed by atoms with Crippen molar-refractivity contribution < 1.29 is 4.74 Å². The van der Waals surface area contributed by atoms with Crippen molar-refractivity contribution >= 4 is 0 Å². The van der Waals surface area contributed by atoms with Gasteiger partial charge in [0.25, 0.3) is 0 Å². The Kier molecular flexibility index (Phi) is 28.0. The Morgan fingerprint density at radius 3 is 1.95 bits per heavy atom. The first kappa shape index (κ1) is 23.5. The minimum Gasteiger partial charge on any atom is -0.384 e. The predicted octanol–water partition coefficient (Wildman–Crippen LogP) is 6.40. The second kappa shape index (κ2) is 22.6. The van der Waals surface area contributed by atoms with Gasteiger partial charge in [-0.15, -0.1) is 0 Å². The molecule has 0 atom stereocenters. The number of rotatable bonds is 7. The van der Waals surface area contributed by atoms with Crippen LogP contribution in [-0.2, 0) is 4.74 Å². The van der Waals surface area contributed by atoms with E-state index in [1.807, 2.05) is 20.8 Å². The molecule has 0 saturated carbocycles. The molecule has 19 heavy (non-hydrogen) atoms. The summed E-state index contributed by atoms with van der Waals surface area (Å²) in [6.45, 7) is 15.7. The minimum absolute atomic E-state index is 0.837. The monoisotopic (exact) mass is 270 g/mol. The largest absolute Gasteiger partial charge is 0.384 e. The molecule has 0 unspecified atom stereocenters. The van der Waals surface area contributed by atoms with Crippen LogP contribution < -0.4 is 0 Å². The molecule has 0 heterocycles. The molecular weight excluding hydrogens is 232 g/mol. The third-order valence-corrected chi connectivity index (χ3v) is 2.54. The summed E-state index contributed by atoms with van der Waals surface area (Å²) < 4.78 is 5.03.